The molecule has 3 rings (SSSR count). The van der Waals surface area contributed by atoms with Gasteiger partial charge in [-0.3, -0.25) is 9.89 Å². The van der Waals surface area contributed by atoms with Gasteiger partial charge in [-0.15, -0.1) is 24.0 Å². The Kier molecular flexibility index (Phi) is 8.63. The maximum atomic E-state index is 6.20. The van der Waals surface area contributed by atoms with E-state index in [1.807, 2.05) is 6.07 Å². The number of morpholine rings is 1. The Hall–Kier alpha value is -0.860. The van der Waals surface area contributed by atoms with Gasteiger partial charge in [-0.05, 0) is 37.0 Å². The Morgan fingerprint density at radius 1 is 1.23 bits per heavy atom. The first kappa shape index (κ1) is 21.4. The minimum Gasteiger partial charge on any atom is -0.379 e. The van der Waals surface area contributed by atoms with Crippen LogP contribution in [-0.4, -0.2) is 49.2 Å². The van der Waals surface area contributed by atoms with E-state index in [0.717, 1.165) is 45.0 Å². The molecule has 1 saturated carbocycles. The molecule has 1 aromatic rings. The van der Waals surface area contributed by atoms with Crippen LogP contribution >= 0.6 is 24.0 Å². The van der Waals surface area contributed by atoms with E-state index in [1.165, 1.54) is 37.7 Å². The van der Waals surface area contributed by atoms with Crippen LogP contribution in [0.25, 0.3) is 0 Å². The quantitative estimate of drug-likeness (QED) is 0.391. The molecule has 1 aromatic carbocycles. The molecule has 1 saturated heterocycles. The lowest BCUT2D eigenvalue weighted by atomic mass is 9.80. The number of nitrogens with two attached hydrogens (primary N) is 1. The lowest BCUT2D eigenvalue weighted by Gasteiger charge is -2.47. The third-order valence-electron chi connectivity index (χ3n) is 5.62. The highest BCUT2D eigenvalue weighted by Gasteiger charge is 2.38. The van der Waals surface area contributed by atoms with Crippen LogP contribution < -0.4 is 11.1 Å². The number of aliphatic imine (C=N–C) groups is 1. The summed E-state index contributed by atoms with van der Waals surface area (Å²) >= 11 is 0. The van der Waals surface area contributed by atoms with E-state index in [4.69, 9.17) is 15.5 Å². The highest BCUT2D eigenvalue weighted by atomic mass is 127. The molecule has 0 spiro atoms. The Labute approximate surface area is 174 Å². The fourth-order valence-electron chi connectivity index (χ4n) is 4.11. The number of hydrogen-bond donors (Lipinski definition) is 2. The molecular weight excluding hydrogens is 439 g/mol. The van der Waals surface area contributed by atoms with Gasteiger partial charge in [0.15, 0.2) is 5.96 Å². The average Bonchev–Trinajstić information content (AvgIpc) is 2.68. The van der Waals surface area contributed by atoms with Crippen molar-refractivity contribution in [3.8, 4) is 0 Å². The molecule has 26 heavy (non-hydrogen) atoms. The summed E-state index contributed by atoms with van der Waals surface area (Å²) in [6.45, 7) is 6.64. The minimum atomic E-state index is 0. The fourth-order valence-corrected chi connectivity index (χ4v) is 4.11. The Morgan fingerprint density at radius 2 is 1.96 bits per heavy atom. The van der Waals surface area contributed by atoms with Crippen LogP contribution in [0.5, 0.6) is 0 Å². The summed E-state index contributed by atoms with van der Waals surface area (Å²) in [4.78, 5) is 7.35. The number of rotatable bonds is 5. The Morgan fingerprint density at radius 3 is 2.65 bits per heavy atom. The topological polar surface area (TPSA) is 62.9 Å². The second-order valence-corrected chi connectivity index (χ2v) is 7.26. The van der Waals surface area contributed by atoms with Gasteiger partial charge >= 0.3 is 0 Å². The summed E-state index contributed by atoms with van der Waals surface area (Å²) in [6.07, 6.45) is 7.38. The van der Waals surface area contributed by atoms with E-state index in [-0.39, 0.29) is 29.5 Å². The van der Waals surface area contributed by atoms with Gasteiger partial charge in [0, 0.05) is 24.3 Å². The van der Waals surface area contributed by atoms with Crippen molar-refractivity contribution in [2.24, 2.45) is 10.7 Å². The first-order chi connectivity index (χ1) is 12.2. The Bertz CT molecular complexity index is 581. The SMILES string of the molecule is CCc1cccc(NC(N)=NCC2(N3CCOCC3)CCCCC2)c1.I. The molecule has 1 heterocycles. The van der Waals surface area contributed by atoms with Gasteiger partial charge in [0.1, 0.15) is 0 Å². The molecule has 0 bridgehead atoms. The number of nitrogens with zero attached hydrogens (tertiary/aromatic N) is 2. The lowest BCUT2D eigenvalue weighted by molar-refractivity contribution is -0.0333. The first-order valence-corrected chi connectivity index (χ1v) is 9.70. The number of aryl methyl sites for hydroxylation is 1. The molecule has 1 aliphatic heterocycles. The second-order valence-electron chi connectivity index (χ2n) is 7.26. The predicted molar refractivity (Wildman–Crippen MR) is 120 cm³/mol. The molecule has 5 nitrogen and oxygen atoms in total. The van der Waals surface area contributed by atoms with E-state index in [0.29, 0.717) is 5.96 Å². The second kappa shape index (κ2) is 10.5. The van der Waals surface area contributed by atoms with E-state index in [2.05, 4.69) is 35.3 Å². The van der Waals surface area contributed by atoms with Crippen LogP contribution in [0.15, 0.2) is 29.3 Å². The summed E-state index contributed by atoms with van der Waals surface area (Å²) in [5.41, 5.74) is 8.68. The third-order valence-corrected chi connectivity index (χ3v) is 5.62. The molecule has 2 fully saturated rings. The maximum absolute atomic E-state index is 6.20. The number of hydrogen-bond acceptors (Lipinski definition) is 3. The fraction of sp³-hybridized carbons (Fsp3) is 0.650. The molecular formula is C20H33IN4O. The van der Waals surface area contributed by atoms with Crippen LogP contribution in [0.3, 0.4) is 0 Å². The zero-order chi connectivity index (χ0) is 17.5. The molecule has 3 N–H and O–H groups in total. The summed E-state index contributed by atoms with van der Waals surface area (Å²) in [7, 11) is 0. The lowest BCUT2D eigenvalue weighted by Crippen LogP contribution is -2.56. The summed E-state index contributed by atoms with van der Waals surface area (Å²) < 4.78 is 5.55. The molecule has 1 aliphatic carbocycles. The van der Waals surface area contributed by atoms with Crippen molar-refractivity contribution in [3.63, 3.8) is 0 Å². The van der Waals surface area contributed by atoms with Crippen molar-refractivity contribution in [1.82, 2.24) is 4.90 Å². The third kappa shape index (κ3) is 5.57. The van der Waals surface area contributed by atoms with Gasteiger partial charge in [0.05, 0.1) is 19.8 Å². The van der Waals surface area contributed by atoms with Crippen LogP contribution in [-0.2, 0) is 11.2 Å². The van der Waals surface area contributed by atoms with Gasteiger partial charge in [-0.1, -0.05) is 38.3 Å². The molecule has 0 aromatic heterocycles. The van der Waals surface area contributed by atoms with Gasteiger partial charge in [-0.2, -0.15) is 0 Å². The average molecular weight is 472 g/mol. The number of ether oxygens (including phenoxy) is 1. The van der Waals surface area contributed by atoms with E-state index >= 15 is 0 Å². The van der Waals surface area contributed by atoms with Gasteiger partial charge in [0.2, 0.25) is 0 Å². The number of anilines is 1. The summed E-state index contributed by atoms with van der Waals surface area (Å²) in [5, 5.41) is 3.26. The van der Waals surface area contributed by atoms with Gasteiger partial charge in [0.25, 0.3) is 0 Å². The smallest absolute Gasteiger partial charge is 0.193 e. The number of benzene rings is 1. The first-order valence-electron chi connectivity index (χ1n) is 9.70. The van der Waals surface area contributed by atoms with Crippen LogP contribution in [0.1, 0.15) is 44.6 Å². The molecule has 146 valence electrons. The van der Waals surface area contributed by atoms with E-state index < -0.39 is 0 Å². The van der Waals surface area contributed by atoms with Crippen LogP contribution in [0, 0.1) is 0 Å². The zero-order valence-electron chi connectivity index (χ0n) is 15.9. The summed E-state index contributed by atoms with van der Waals surface area (Å²) in [5.74, 6) is 0.520. The van der Waals surface area contributed by atoms with Crippen LogP contribution in [0.2, 0.25) is 0 Å². The maximum Gasteiger partial charge on any atom is 0.193 e. The van der Waals surface area contributed by atoms with Crippen molar-refractivity contribution in [3.05, 3.63) is 29.8 Å². The van der Waals surface area contributed by atoms with E-state index in [1.54, 1.807) is 0 Å². The normalized spacial score (nSPS) is 21.0. The Balaban J connectivity index is 0.00000243. The standard InChI is InChI=1S/C20H32N4O.HI/c1-2-17-7-6-8-18(15-17)23-19(21)22-16-20(9-4-3-5-10-20)24-11-13-25-14-12-24;/h6-8,15H,2-5,9-14,16H2,1H3,(H3,21,22,23);1H. The monoisotopic (exact) mass is 472 g/mol. The number of halogens is 1. The predicted octanol–water partition coefficient (Wildman–Crippen LogP) is 3.63. The highest BCUT2D eigenvalue weighted by molar-refractivity contribution is 14.0. The minimum absolute atomic E-state index is 0. The largest absolute Gasteiger partial charge is 0.379 e. The van der Waals surface area contributed by atoms with Crippen molar-refractivity contribution < 1.29 is 4.74 Å². The molecule has 0 radical (unpaired) electrons. The molecule has 2 aliphatic rings. The van der Waals surface area contributed by atoms with Crippen molar-refractivity contribution in [2.75, 3.05) is 38.2 Å². The van der Waals surface area contributed by atoms with Crippen molar-refractivity contribution in [1.29, 1.82) is 0 Å². The highest BCUT2D eigenvalue weighted by Crippen LogP contribution is 2.34. The molecule has 0 atom stereocenters. The van der Waals surface area contributed by atoms with Gasteiger partial charge < -0.3 is 15.8 Å². The molecule has 0 unspecified atom stereocenters. The van der Waals surface area contributed by atoms with Crippen molar-refractivity contribution in [2.45, 2.75) is 51.0 Å². The molecule has 0 amide bonds. The van der Waals surface area contributed by atoms with Gasteiger partial charge in [-0.25, -0.2) is 0 Å². The number of nitrogens with one attached hydrogen (secondary N) is 1. The van der Waals surface area contributed by atoms with Crippen LogP contribution in [0.4, 0.5) is 5.69 Å². The molecule has 6 heteroatoms. The zero-order valence-corrected chi connectivity index (χ0v) is 18.2. The number of guanidine groups is 1. The summed E-state index contributed by atoms with van der Waals surface area (Å²) in [6, 6.07) is 8.37. The van der Waals surface area contributed by atoms with Crippen molar-refractivity contribution >= 4 is 35.6 Å². The van der Waals surface area contributed by atoms with E-state index in [9.17, 15) is 0 Å².